The third-order valence-corrected chi connectivity index (χ3v) is 3.20. The van der Waals surface area contributed by atoms with Gasteiger partial charge in [0.15, 0.2) is 0 Å². The van der Waals surface area contributed by atoms with E-state index in [0.717, 1.165) is 29.7 Å². The summed E-state index contributed by atoms with van der Waals surface area (Å²) in [5.74, 6) is 1.51. The van der Waals surface area contributed by atoms with E-state index in [1.54, 1.807) is 6.20 Å². The monoisotopic (exact) mass is 300 g/mol. The molecule has 1 heterocycles. The lowest BCUT2D eigenvalue weighted by molar-refractivity contribution is 0.544. The molecule has 0 aliphatic carbocycles. The van der Waals surface area contributed by atoms with Gasteiger partial charge in [-0.15, -0.1) is 0 Å². The van der Waals surface area contributed by atoms with Crippen LogP contribution in [0.1, 0.15) is 40.5 Å². The molecule has 0 bridgehead atoms. The second kappa shape index (κ2) is 6.19. The summed E-state index contributed by atoms with van der Waals surface area (Å²) >= 11 is 3.47. The molecule has 0 aliphatic heterocycles. The van der Waals surface area contributed by atoms with E-state index in [-0.39, 0.29) is 5.54 Å². The Bertz CT molecular complexity index is 366. The Hall–Kier alpha value is -0.840. The van der Waals surface area contributed by atoms with Gasteiger partial charge in [0.2, 0.25) is 5.95 Å². The van der Waals surface area contributed by atoms with Gasteiger partial charge in [0, 0.05) is 18.3 Å². The quantitative estimate of drug-likeness (QED) is 0.842. The van der Waals surface area contributed by atoms with E-state index in [2.05, 4.69) is 64.2 Å². The van der Waals surface area contributed by atoms with Crippen molar-refractivity contribution in [2.45, 2.75) is 46.1 Å². The zero-order chi connectivity index (χ0) is 12.9. The molecule has 5 heteroatoms. The highest BCUT2D eigenvalue weighted by Crippen LogP contribution is 2.24. The summed E-state index contributed by atoms with van der Waals surface area (Å²) < 4.78 is 0.890. The summed E-state index contributed by atoms with van der Waals surface area (Å²) in [4.78, 5) is 8.69. The van der Waals surface area contributed by atoms with Crippen molar-refractivity contribution in [3.05, 3.63) is 10.7 Å². The summed E-state index contributed by atoms with van der Waals surface area (Å²) in [5, 5.41) is 6.60. The van der Waals surface area contributed by atoms with Gasteiger partial charge in [-0.1, -0.05) is 13.8 Å². The molecular weight excluding hydrogens is 280 g/mol. The summed E-state index contributed by atoms with van der Waals surface area (Å²) in [6.45, 7) is 9.46. The third-order valence-electron chi connectivity index (χ3n) is 2.62. The first kappa shape index (κ1) is 14.2. The molecule has 0 atom stereocenters. The molecule has 1 aromatic heterocycles. The zero-order valence-electron chi connectivity index (χ0n) is 11.0. The number of hydrogen-bond donors (Lipinski definition) is 2. The van der Waals surface area contributed by atoms with Gasteiger partial charge in [0.1, 0.15) is 5.82 Å². The van der Waals surface area contributed by atoms with E-state index in [1.165, 1.54) is 0 Å². The molecular formula is C12H21BrN4. The maximum Gasteiger partial charge on any atom is 0.224 e. The Morgan fingerprint density at radius 1 is 1.35 bits per heavy atom. The van der Waals surface area contributed by atoms with Crippen molar-refractivity contribution in [3.63, 3.8) is 0 Å². The number of halogens is 1. The molecule has 0 unspecified atom stereocenters. The molecule has 0 radical (unpaired) electrons. The first-order chi connectivity index (χ1) is 7.98. The number of aromatic nitrogens is 2. The Kier molecular flexibility index (Phi) is 5.18. The molecule has 0 saturated heterocycles. The molecule has 0 spiro atoms. The average molecular weight is 301 g/mol. The van der Waals surface area contributed by atoms with E-state index in [9.17, 15) is 0 Å². The number of hydrogen-bond acceptors (Lipinski definition) is 4. The van der Waals surface area contributed by atoms with Crippen molar-refractivity contribution in [3.8, 4) is 0 Å². The number of nitrogens with one attached hydrogen (secondary N) is 2. The Labute approximate surface area is 112 Å². The first-order valence-corrected chi connectivity index (χ1v) is 6.82. The van der Waals surface area contributed by atoms with Crippen molar-refractivity contribution < 1.29 is 0 Å². The summed E-state index contributed by atoms with van der Waals surface area (Å²) in [5.41, 5.74) is 0.0267. The highest BCUT2D eigenvalue weighted by Gasteiger charge is 2.17. The second-order valence-corrected chi connectivity index (χ2v) is 5.53. The van der Waals surface area contributed by atoms with Crippen LogP contribution in [-0.2, 0) is 0 Å². The average Bonchev–Trinajstić information content (AvgIpc) is 2.30. The molecule has 1 aromatic rings. The van der Waals surface area contributed by atoms with E-state index < -0.39 is 0 Å². The molecule has 17 heavy (non-hydrogen) atoms. The summed E-state index contributed by atoms with van der Waals surface area (Å²) in [7, 11) is 0. The highest BCUT2D eigenvalue weighted by molar-refractivity contribution is 9.10. The van der Waals surface area contributed by atoms with Crippen LogP contribution in [0.25, 0.3) is 0 Å². The second-order valence-electron chi connectivity index (χ2n) is 4.68. The SMILES string of the molecule is CCCNc1ncc(Br)c(NC(C)(C)CC)n1. The van der Waals surface area contributed by atoms with E-state index in [4.69, 9.17) is 0 Å². The van der Waals surface area contributed by atoms with E-state index in [1.807, 2.05) is 0 Å². The van der Waals surface area contributed by atoms with Gasteiger partial charge in [-0.3, -0.25) is 0 Å². The molecule has 2 N–H and O–H groups in total. The molecule has 96 valence electrons. The van der Waals surface area contributed by atoms with E-state index in [0.29, 0.717) is 5.95 Å². The van der Waals surface area contributed by atoms with Gasteiger partial charge in [-0.2, -0.15) is 4.98 Å². The molecule has 0 aromatic carbocycles. The smallest absolute Gasteiger partial charge is 0.224 e. The Balaban J connectivity index is 2.83. The molecule has 4 nitrogen and oxygen atoms in total. The lowest BCUT2D eigenvalue weighted by Crippen LogP contribution is -2.30. The molecule has 0 saturated carbocycles. The maximum absolute atomic E-state index is 4.46. The van der Waals surface area contributed by atoms with Crippen LogP contribution in [0.5, 0.6) is 0 Å². The normalized spacial score (nSPS) is 11.4. The summed E-state index contributed by atoms with van der Waals surface area (Å²) in [6, 6.07) is 0. The van der Waals surface area contributed by atoms with Crippen molar-refractivity contribution in [2.75, 3.05) is 17.2 Å². The Morgan fingerprint density at radius 3 is 2.65 bits per heavy atom. The minimum atomic E-state index is 0.0267. The van der Waals surface area contributed by atoms with Crippen LogP contribution in [0, 0.1) is 0 Å². The van der Waals surface area contributed by atoms with Gasteiger partial charge in [-0.25, -0.2) is 4.98 Å². The van der Waals surface area contributed by atoms with Crippen molar-refractivity contribution in [2.24, 2.45) is 0 Å². The van der Waals surface area contributed by atoms with Crippen LogP contribution >= 0.6 is 15.9 Å². The predicted octanol–water partition coefficient (Wildman–Crippen LogP) is 3.66. The van der Waals surface area contributed by atoms with Gasteiger partial charge in [0.05, 0.1) is 4.47 Å². The van der Waals surface area contributed by atoms with Crippen LogP contribution in [0.15, 0.2) is 10.7 Å². The third kappa shape index (κ3) is 4.50. The minimum Gasteiger partial charge on any atom is -0.364 e. The fraction of sp³-hybridized carbons (Fsp3) is 0.667. The largest absolute Gasteiger partial charge is 0.364 e. The lowest BCUT2D eigenvalue weighted by atomic mass is 10.0. The van der Waals surface area contributed by atoms with Gasteiger partial charge in [-0.05, 0) is 42.6 Å². The first-order valence-electron chi connectivity index (χ1n) is 6.03. The van der Waals surface area contributed by atoms with Crippen molar-refractivity contribution in [1.82, 2.24) is 9.97 Å². The molecule has 1 rings (SSSR count). The summed E-state index contributed by atoms with van der Waals surface area (Å²) in [6.07, 6.45) is 3.86. The number of rotatable bonds is 6. The Morgan fingerprint density at radius 2 is 2.06 bits per heavy atom. The molecule has 0 aliphatic rings. The van der Waals surface area contributed by atoms with Gasteiger partial charge >= 0.3 is 0 Å². The van der Waals surface area contributed by atoms with Crippen LogP contribution in [0.2, 0.25) is 0 Å². The molecule has 0 fully saturated rings. The van der Waals surface area contributed by atoms with Crippen LogP contribution in [-0.4, -0.2) is 22.1 Å². The topological polar surface area (TPSA) is 49.8 Å². The fourth-order valence-corrected chi connectivity index (χ4v) is 1.48. The zero-order valence-corrected chi connectivity index (χ0v) is 12.6. The number of anilines is 2. The van der Waals surface area contributed by atoms with Gasteiger partial charge < -0.3 is 10.6 Å². The van der Waals surface area contributed by atoms with Crippen LogP contribution in [0.4, 0.5) is 11.8 Å². The van der Waals surface area contributed by atoms with Gasteiger partial charge in [0.25, 0.3) is 0 Å². The molecule has 0 amide bonds. The predicted molar refractivity (Wildman–Crippen MR) is 76.5 cm³/mol. The van der Waals surface area contributed by atoms with Crippen molar-refractivity contribution >= 4 is 27.7 Å². The van der Waals surface area contributed by atoms with Crippen LogP contribution < -0.4 is 10.6 Å². The maximum atomic E-state index is 4.46. The lowest BCUT2D eigenvalue weighted by Gasteiger charge is -2.25. The minimum absolute atomic E-state index is 0.0267. The van der Waals surface area contributed by atoms with E-state index >= 15 is 0 Å². The highest BCUT2D eigenvalue weighted by atomic mass is 79.9. The standard InChI is InChI=1S/C12H21BrN4/c1-5-7-14-11-15-8-9(13)10(16-11)17-12(3,4)6-2/h8H,5-7H2,1-4H3,(H2,14,15,16,17). The van der Waals surface area contributed by atoms with Crippen molar-refractivity contribution in [1.29, 1.82) is 0 Å². The number of nitrogens with zero attached hydrogens (tertiary/aromatic N) is 2. The van der Waals surface area contributed by atoms with Crippen LogP contribution in [0.3, 0.4) is 0 Å². The fourth-order valence-electron chi connectivity index (χ4n) is 1.19.